The maximum absolute atomic E-state index is 12.5. The van der Waals surface area contributed by atoms with E-state index in [0.29, 0.717) is 23.4 Å². The van der Waals surface area contributed by atoms with E-state index in [2.05, 4.69) is 4.72 Å². The molecular formula is C14H19ClN2O2S. The van der Waals surface area contributed by atoms with Gasteiger partial charge >= 0.3 is 0 Å². The summed E-state index contributed by atoms with van der Waals surface area (Å²) >= 11 is 6.05. The Bertz CT molecular complexity index is 598. The maximum Gasteiger partial charge on any atom is 0.240 e. The molecular weight excluding hydrogens is 296 g/mol. The predicted octanol–water partition coefficient (Wildman–Crippen LogP) is 2.27. The normalized spacial score (nSPS) is 19.6. The highest BCUT2D eigenvalue weighted by Crippen LogP contribution is 2.45. The highest BCUT2D eigenvalue weighted by molar-refractivity contribution is 7.89. The van der Waals surface area contributed by atoms with Crippen molar-refractivity contribution >= 4 is 21.6 Å². The fraction of sp³-hybridized carbons (Fsp3) is 0.571. The lowest BCUT2D eigenvalue weighted by atomic mass is 10.1. The molecule has 0 heterocycles. The van der Waals surface area contributed by atoms with E-state index < -0.39 is 10.0 Å². The van der Waals surface area contributed by atoms with Crippen molar-refractivity contribution in [3.8, 4) is 0 Å². The number of sulfonamides is 1. The molecule has 0 spiro atoms. The van der Waals surface area contributed by atoms with Crippen LogP contribution in [0.1, 0.15) is 31.2 Å². The van der Waals surface area contributed by atoms with Crippen LogP contribution < -0.4 is 10.5 Å². The van der Waals surface area contributed by atoms with Crippen molar-refractivity contribution in [1.82, 2.24) is 4.72 Å². The molecule has 0 saturated heterocycles. The van der Waals surface area contributed by atoms with Gasteiger partial charge in [0.2, 0.25) is 10.0 Å². The summed E-state index contributed by atoms with van der Waals surface area (Å²) < 4.78 is 27.8. The van der Waals surface area contributed by atoms with Crippen molar-refractivity contribution in [2.75, 3.05) is 0 Å². The van der Waals surface area contributed by atoms with E-state index >= 15 is 0 Å². The average Bonchev–Trinajstić information content (AvgIpc) is 3.29. The van der Waals surface area contributed by atoms with Crippen LogP contribution >= 0.6 is 11.6 Å². The molecule has 2 aliphatic rings. The number of benzene rings is 1. The fourth-order valence-electron chi connectivity index (χ4n) is 2.60. The van der Waals surface area contributed by atoms with Crippen LogP contribution in [0.15, 0.2) is 23.1 Å². The molecule has 6 heteroatoms. The third-order valence-corrected chi connectivity index (χ3v) is 5.91. The molecule has 0 unspecified atom stereocenters. The van der Waals surface area contributed by atoms with Crippen molar-refractivity contribution in [3.05, 3.63) is 28.8 Å². The molecule has 0 atom stereocenters. The highest BCUT2D eigenvalue weighted by atomic mass is 35.5. The molecule has 20 heavy (non-hydrogen) atoms. The Morgan fingerprint density at radius 2 is 1.85 bits per heavy atom. The molecule has 3 N–H and O–H groups in total. The summed E-state index contributed by atoms with van der Waals surface area (Å²) in [5.74, 6) is 1.05. The summed E-state index contributed by atoms with van der Waals surface area (Å²) in [6.45, 7) is 0.305. The van der Waals surface area contributed by atoms with Gasteiger partial charge in [-0.25, -0.2) is 13.1 Å². The van der Waals surface area contributed by atoms with Gasteiger partial charge < -0.3 is 5.73 Å². The summed E-state index contributed by atoms with van der Waals surface area (Å²) in [7, 11) is -3.49. The summed E-state index contributed by atoms with van der Waals surface area (Å²) in [6.07, 6.45) is 4.54. The third-order valence-electron chi connectivity index (χ3n) is 4.11. The quantitative estimate of drug-likeness (QED) is 0.846. The minimum atomic E-state index is -3.49. The van der Waals surface area contributed by atoms with E-state index in [1.807, 2.05) is 0 Å². The van der Waals surface area contributed by atoms with Gasteiger partial charge in [-0.05, 0) is 55.2 Å². The van der Waals surface area contributed by atoms with Crippen molar-refractivity contribution in [2.45, 2.75) is 43.2 Å². The van der Waals surface area contributed by atoms with Gasteiger partial charge in [-0.2, -0.15) is 0 Å². The first-order chi connectivity index (χ1) is 9.51. The van der Waals surface area contributed by atoms with Crippen LogP contribution in [-0.2, 0) is 16.6 Å². The second-order valence-electron chi connectivity index (χ2n) is 5.78. The van der Waals surface area contributed by atoms with Gasteiger partial charge in [-0.1, -0.05) is 17.7 Å². The summed E-state index contributed by atoms with van der Waals surface area (Å²) in [4.78, 5) is 0.228. The SMILES string of the molecule is NCc1ccc(S(=O)(=O)NC(C2CC2)C2CC2)cc1Cl. The molecule has 2 saturated carbocycles. The van der Waals surface area contributed by atoms with Gasteiger partial charge in [0.15, 0.2) is 0 Å². The second-order valence-corrected chi connectivity index (χ2v) is 7.90. The molecule has 0 bridgehead atoms. The Balaban J connectivity index is 1.81. The zero-order chi connectivity index (χ0) is 14.3. The third kappa shape index (κ3) is 3.01. The highest BCUT2D eigenvalue weighted by Gasteiger charge is 2.43. The molecule has 0 aliphatic heterocycles. The van der Waals surface area contributed by atoms with Gasteiger partial charge in [-0.3, -0.25) is 0 Å². The molecule has 1 aromatic rings. The van der Waals surface area contributed by atoms with Gasteiger partial charge in [0.25, 0.3) is 0 Å². The molecule has 2 aliphatic carbocycles. The number of rotatable bonds is 6. The van der Waals surface area contributed by atoms with Crippen LogP contribution in [0.5, 0.6) is 0 Å². The van der Waals surface area contributed by atoms with E-state index in [-0.39, 0.29) is 10.9 Å². The first kappa shape index (κ1) is 14.3. The predicted molar refractivity (Wildman–Crippen MR) is 78.9 cm³/mol. The lowest BCUT2D eigenvalue weighted by Gasteiger charge is -2.18. The molecule has 2 fully saturated rings. The largest absolute Gasteiger partial charge is 0.326 e. The number of hydrogen-bond acceptors (Lipinski definition) is 3. The standard InChI is InChI=1S/C14H19ClN2O2S/c15-13-7-12(6-5-11(13)8-16)20(18,19)17-14(9-1-2-9)10-3-4-10/h5-7,9-10,14,17H,1-4,8,16H2. The monoisotopic (exact) mass is 314 g/mol. The number of nitrogens with two attached hydrogens (primary N) is 1. The van der Waals surface area contributed by atoms with Gasteiger partial charge in [0.05, 0.1) is 4.90 Å². The Hall–Kier alpha value is -0.620. The lowest BCUT2D eigenvalue weighted by Crippen LogP contribution is -2.38. The summed E-state index contributed by atoms with van der Waals surface area (Å²) in [5.41, 5.74) is 6.29. The van der Waals surface area contributed by atoms with E-state index in [1.54, 1.807) is 12.1 Å². The Labute approximate surface area is 124 Å². The average molecular weight is 315 g/mol. The van der Waals surface area contributed by atoms with E-state index in [0.717, 1.165) is 31.2 Å². The van der Waals surface area contributed by atoms with Gasteiger partial charge in [0.1, 0.15) is 0 Å². The minimum absolute atomic E-state index is 0.105. The van der Waals surface area contributed by atoms with Crippen LogP contribution in [0.3, 0.4) is 0 Å². The fourth-order valence-corrected chi connectivity index (χ4v) is 4.32. The van der Waals surface area contributed by atoms with Crippen LogP contribution in [0.2, 0.25) is 5.02 Å². The van der Waals surface area contributed by atoms with Crippen LogP contribution in [-0.4, -0.2) is 14.5 Å². The maximum atomic E-state index is 12.5. The Kier molecular flexibility index (Phi) is 3.79. The lowest BCUT2D eigenvalue weighted by molar-refractivity contribution is 0.471. The molecule has 0 amide bonds. The van der Waals surface area contributed by atoms with Crippen molar-refractivity contribution in [2.24, 2.45) is 17.6 Å². The molecule has 110 valence electrons. The number of hydrogen-bond donors (Lipinski definition) is 2. The molecule has 1 aromatic carbocycles. The second kappa shape index (κ2) is 5.30. The summed E-state index contributed by atoms with van der Waals surface area (Å²) in [5, 5.41) is 0.407. The van der Waals surface area contributed by atoms with Crippen molar-refractivity contribution < 1.29 is 8.42 Å². The Morgan fingerprint density at radius 1 is 1.25 bits per heavy atom. The molecule has 0 aromatic heterocycles. The minimum Gasteiger partial charge on any atom is -0.326 e. The molecule has 3 rings (SSSR count). The molecule has 4 nitrogen and oxygen atoms in total. The van der Waals surface area contributed by atoms with Gasteiger partial charge in [-0.15, -0.1) is 0 Å². The van der Waals surface area contributed by atoms with E-state index in [9.17, 15) is 8.42 Å². The first-order valence-electron chi connectivity index (χ1n) is 7.02. The smallest absolute Gasteiger partial charge is 0.240 e. The van der Waals surface area contributed by atoms with Crippen molar-refractivity contribution in [1.29, 1.82) is 0 Å². The van der Waals surface area contributed by atoms with Crippen LogP contribution in [0.25, 0.3) is 0 Å². The van der Waals surface area contributed by atoms with Crippen molar-refractivity contribution in [3.63, 3.8) is 0 Å². The van der Waals surface area contributed by atoms with E-state index in [1.165, 1.54) is 6.07 Å². The summed E-state index contributed by atoms with van der Waals surface area (Å²) in [6, 6.07) is 4.85. The topological polar surface area (TPSA) is 72.2 Å². The zero-order valence-corrected chi connectivity index (χ0v) is 12.8. The Morgan fingerprint density at radius 3 is 2.30 bits per heavy atom. The number of nitrogens with one attached hydrogen (secondary N) is 1. The molecule has 0 radical (unpaired) electrons. The first-order valence-corrected chi connectivity index (χ1v) is 8.88. The zero-order valence-electron chi connectivity index (χ0n) is 11.2. The van der Waals surface area contributed by atoms with E-state index in [4.69, 9.17) is 17.3 Å². The number of halogens is 1. The van der Waals surface area contributed by atoms with Gasteiger partial charge in [0, 0.05) is 17.6 Å². The van der Waals surface area contributed by atoms with Crippen LogP contribution in [0.4, 0.5) is 0 Å². The van der Waals surface area contributed by atoms with Crippen LogP contribution in [0, 0.1) is 11.8 Å².